The van der Waals surface area contributed by atoms with E-state index in [1.165, 1.54) is 12.4 Å². The third kappa shape index (κ3) is 1.35. The van der Waals surface area contributed by atoms with Crippen molar-refractivity contribution in [1.82, 2.24) is 9.97 Å². The summed E-state index contributed by atoms with van der Waals surface area (Å²) in [5, 5.41) is 0.649. The van der Waals surface area contributed by atoms with Crippen LogP contribution in [0.2, 0.25) is 0 Å². The first-order valence-electron chi connectivity index (χ1n) is 3.53. The van der Waals surface area contributed by atoms with E-state index in [0.29, 0.717) is 21.2 Å². The Balaban J connectivity index is 2.89. The standard InChI is InChI=1S/C8H5BrFN3/c9-5-1-4-7(2-6(5)10)12-3-13-8(4)11/h1-3H,(H2,11,12,13). The van der Waals surface area contributed by atoms with Crippen LogP contribution in [0.25, 0.3) is 10.9 Å². The van der Waals surface area contributed by atoms with Crippen LogP contribution in [0.4, 0.5) is 10.2 Å². The van der Waals surface area contributed by atoms with E-state index < -0.39 is 0 Å². The molecule has 2 N–H and O–H groups in total. The number of aromatic nitrogens is 2. The maximum Gasteiger partial charge on any atom is 0.139 e. The molecule has 0 saturated heterocycles. The van der Waals surface area contributed by atoms with Gasteiger partial charge in [-0.25, -0.2) is 14.4 Å². The molecule has 3 nitrogen and oxygen atoms in total. The minimum absolute atomic E-state index is 0.353. The second-order valence-corrected chi connectivity index (χ2v) is 3.40. The Morgan fingerprint density at radius 1 is 1.31 bits per heavy atom. The molecule has 13 heavy (non-hydrogen) atoms. The van der Waals surface area contributed by atoms with Crippen molar-refractivity contribution in [3.8, 4) is 0 Å². The van der Waals surface area contributed by atoms with E-state index in [9.17, 15) is 4.39 Å². The second-order valence-electron chi connectivity index (χ2n) is 2.54. The molecule has 0 aliphatic carbocycles. The molecule has 0 amide bonds. The van der Waals surface area contributed by atoms with Crippen molar-refractivity contribution in [3.63, 3.8) is 0 Å². The topological polar surface area (TPSA) is 51.8 Å². The number of benzene rings is 1. The molecule has 0 aliphatic heterocycles. The molecular weight excluding hydrogens is 237 g/mol. The molecule has 0 atom stereocenters. The first kappa shape index (κ1) is 8.37. The molecule has 0 unspecified atom stereocenters. The third-order valence-electron chi connectivity index (χ3n) is 1.71. The maximum atomic E-state index is 13.0. The van der Waals surface area contributed by atoms with Gasteiger partial charge in [-0.2, -0.15) is 0 Å². The Kier molecular flexibility index (Phi) is 1.88. The molecule has 0 aliphatic rings. The highest BCUT2D eigenvalue weighted by Gasteiger charge is 2.05. The number of anilines is 1. The SMILES string of the molecule is Nc1ncnc2cc(F)c(Br)cc12. The predicted molar refractivity (Wildman–Crippen MR) is 51.6 cm³/mol. The summed E-state index contributed by atoms with van der Waals surface area (Å²) in [6, 6.07) is 2.89. The normalized spacial score (nSPS) is 10.6. The number of hydrogen-bond acceptors (Lipinski definition) is 3. The molecule has 0 saturated carbocycles. The number of nitrogens with two attached hydrogens (primary N) is 1. The summed E-state index contributed by atoms with van der Waals surface area (Å²) in [6.07, 6.45) is 1.31. The van der Waals surface area contributed by atoms with Crippen molar-refractivity contribution in [2.24, 2.45) is 0 Å². The van der Waals surface area contributed by atoms with Gasteiger partial charge >= 0.3 is 0 Å². The van der Waals surface area contributed by atoms with Crippen molar-refractivity contribution < 1.29 is 4.39 Å². The van der Waals surface area contributed by atoms with Gasteiger partial charge in [0.1, 0.15) is 18.0 Å². The summed E-state index contributed by atoms with van der Waals surface area (Å²) in [6.45, 7) is 0. The van der Waals surface area contributed by atoms with Crippen LogP contribution in [0.3, 0.4) is 0 Å². The Morgan fingerprint density at radius 3 is 2.85 bits per heavy atom. The van der Waals surface area contributed by atoms with E-state index >= 15 is 0 Å². The zero-order valence-electron chi connectivity index (χ0n) is 6.46. The van der Waals surface area contributed by atoms with E-state index in [1.807, 2.05) is 0 Å². The highest BCUT2D eigenvalue weighted by molar-refractivity contribution is 9.10. The molecule has 1 aromatic carbocycles. The predicted octanol–water partition coefficient (Wildman–Crippen LogP) is 2.11. The van der Waals surface area contributed by atoms with Crippen LogP contribution in [0, 0.1) is 5.82 Å². The van der Waals surface area contributed by atoms with Gasteiger partial charge in [-0.1, -0.05) is 0 Å². The average molecular weight is 242 g/mol. The Morgan fingerprint density at radius 2 is 2.08 bits per heavy atom. The molecule has 2 aromatic rings. The lowest BCUT2D eigenvalue weighted by atomic mass is 10.2. The fourth-order valence-electron chi connectivity index (χ4n) is 1.07. The number of hydrogen-bond donors (Lipinski definition) is 1. The molecule has 1 heterocycles. The van der Waals surface area contributed by atoms with Crippen LogP contribution >= 0.6 is 15.9 Å². The molecule has 0 spiro atoms. The van der Waals surface area contributed by atoms with Crippen LogP contribution < -0.4 is 5.73 Å². The summed E-state index contributed by atoms with van der Waals surface area (Å²) < 4.78 is 13.4. The number of fused-ring (bicyclic) bond motifs is 1. The molecule has 0 bridgehead atoms. The molecule has 1 aromatic heterocycles. The van der Waals surface area contributed by atoms with E-state index in [0.717, 1.165) is 0 Å². The lowest BCUT2D eigenvalue weighted by molar-refractivity contribution is 0.623. The van der Waals surface area contributed by atoms with Crippen LogP contribution in [-0.4, -0.2) is 9.97 Å². The highest BCUT2D eigenvalue weighted by Crippen LogP contribution is 2.24. The van der Waals surface area contributed by atoms with Crippen LogP contribution in [-0.2, 0) is 0 Å². The van der Waals surface area contributed by atoms with Gasteiger partial charge < -0.3 is 5.73 Å². The first-order chi connectivity index (χ1) is 6.18. The Bertz CT molecular complexity index is 472. The maximum absolute atomic E-state index is 13.0. The van der Waals surface area contributed by atoms with Crippen molar-refractivity contribution in [2.45, 2.75) is 0 Å². The van der Waals surface area contributed by atoms with E-state index in [1.54, 1.807) is 6.07 Å². The molecular formula is C8H5BrFN3. The van der Waals surface area contributed by atoms with Gasteiger partial charge in [0.05, 0.1) is 9.99 Å². The van der Waals surface area contributed by atoms with E-state index in [2.05, 4.69) is 25.9 Å². The van der Waals surface area contributed by atoms with Crippen LogP contribution in [0.1, 0.15) is 0 Å². The van der Waals surface area contributed by atoms with Gasteiger partial charge in [0.25, 0.3) is 0 Å². The molecule has 5 heteroatoms. The van der Waals surface area contributed by atoms with Gasteiger partial charge in [-0.05, 0) is 22.0 Å². The van der Waals surface area contributed by atoms with E-state index in [-0.39, 0.29) is 5.82 Å². The fraction of sp³-hybridized carbons (Fsp3) is 0. The van der Waals surface area contributed by atoms with Crippen molar-refractivity contribution in [3.05, 3.63) is 28.7 Å². The minimum atomic E-state index is -0.356. The molecule has 0 fully saturated rings. The first-order valence-corrected chi connectivity index (χ1v) is 4.33. The van der Waals surface area contributed by atoms with Gasteiger partial charge in [-0.3, -0.25) is 0 Å². The number of nitrogen functional groups attached to an aromatic ring is 1. The second kappa shape index (κ2) is 2.92. The summed E-state index contributed by atoms with van der Waals surface area (Å²) >= 11 is 3.06. The summed E-state index contributed by atoms with van der Waals surface area (Å²) in [4.78, 5) is 7.69. The number of halogens is 2. The fourth-order valence-corrected chi connectivity index (χ4v) is 1.41. The largest absolute Gasteiger partial charge is 0.383 e. The van der Waals surface area contributed by atoms with Crippen LogP contribution in [0.15, 0.2) is 22.9 Å². The highest BCUT2D eigenvalue weighted by atomic mass is 79.9. The monoisotopic (exact) mass is 241 g/mol. The summed E-state index contributed by atoms with van der Waals surface area (Å²) in [7, 11) is 0. The van der Waals surface area contributed by atoms with Gasteiger partial charge in [0.15, 0.2) is 0 Å². The van der Waals surface area contributed by atoms with Crippen molar-refractivity contribution in [2.75, 3.05) is 5.73 Å². The zero-order chi connectivity index (χ0) is 9.42. The number of nitrogens with zero attached hydrogens (tertiary/aromatic N) is 2. The van der Waals surface area contributed by atoms with Gasteiger partial charge in [0.2, 0.25) is 0 Å². The summed E-state index contributed by atoms with van der Waals surface area (Å²) in [5.41, 5.74) is 6.09. The Labute approximate surface area is 81.9 Å². The lowest BCUT2D eigenvalue weighted by Crippen LogP contribution is -1.93. The summed E-state index contributed by atoms with van der Waals surface area (Å²) in [5.74, 6) is -0.00343. The smallest absolute Gasteiger partial charge is 0.139 e. The zero-order valence-corrected chi connectivity index (χ0v) is 8.05. The van der Waals surface area contributed by atoms with Crippen molar-refractivity contribution in [1.29, 1.82) is 0 Å². The lowest BCUT2D eigenvalue weighted by Gasteiger charge is -2.00. The Hall–Kier alpha value is -1.23. The molecule has 0 radical (unpaired) electrons. The molecule has 2 rings (SSSR count). The number of rotatable bonds is 0. The minimum Gasteiger partial charge on any atom is -0.383 e. The van der Waals surface area contributed by atoms with Gasteiger partial charge in [0, 0.05) is 11.5 Å². The third-order valence-corrected chi connectivity index (χ3v) is 2.32. The van der Waals surface area contributed by atoms with Crippen molar-refractivity contribution >= 4 is 32.7 Å². The molecule has 66 valence electrons. The van der Waals surface area contributed by atoms with Gasteiger partial charge in [-0.15, -0.1) is 0 Å². The van der Waals surface area contributed by atoms with Crippen LogP contribution in [0.5, 0.6) is 0 Å². The quantitative estimate of drug-likeness (QED) is 0.769. The van der Waals surface area contributed by atoms with E-state index in [4.69, 9.17) is 5.73 Å². The average Bonchev–Trinajstić information content (AvgIpc) is 2.09.